The summed E-state index contributed by atoms with van der Waals surface area (Å²) < 4.78 is 10.5. The summed E-state index contributed by atoms with van der Waals surface area (Å²) in [5.41, 5.74) is 2.17. The van der Waals surface area contributed by atoms with Gasteiger partial charge in [-0.2, -0.15) is 0 Å². The van der Waals surface area contributed by atoms with Gasteiger partial charge in [0.1, 0.15) is 17.2 Å². The van der Waals surface area contributed by atoms with Crippen molar-refractivity contribution in [3.63, 3.8) is 0 Å². The summed E-state index contributed by atoms with van der Waals surface area (Å²) in [5.74, 6) is 0.0276. The number of amides is 2. The first-order chi connectivity index (χ1) is 14.1. The normalized spacial score (nSPS) is 10.4. The fourth-order valence-corrected chi connectivity index (χ4v) is 3.73. The second-order valence-corrected chi connectivity index (χ2v) is 7.17. The number of hydrogen-bond donors (Lipinski definition) is 2. The Labute approximate surface area is 173 Å². The zero-order chi connectivity index (χ0) is 20.6. The van der Waals surface area contributed by atoms with Crippen molar-refractivity contribution >= 4 is 34.5 Å². The third kappa shape index (κ3) is 5.43. The number of thiophene rings is 1. The standard InChI is InChI=1S/C22H22N2O4S/c1-3-28-18-13-19(15-8-5-4-6-9-15)29-21(18)22(26)24-17-11-7-10-16(12-17)23-20(25)14-27-2/h4-13H,3,14H2,1-2H3,(H,23,25)(H,24,26). The maximum Gasteiger partial charge on any atom is 0.269 e. The van der Waals surface area contributed by atoms with Crippen LogP contribution in [0.15, 0.2) is 60.7 Å². The van der Waals surface area contributed by atoms with E-state index in [1.165, 1.54) is 18.4 Å². The molecule has 2 amide bonds. The maximum atomic E-state index is 12.9. The van der Waals surface area contributed by atoms with Gasteiger partial charge in [-0.3, -0.25) is 9.59 Å². The molecule has 0 atom stereocenters. The van der Waals surface area contributed by atoms with Crippen LogP contribution in [0.5, 0.6) is 5.75 Å². The molecule has 0 radical (unpaired) electrons. The molecule has 0 aliphatic rings. The van der Waals surface area contributed by atoms with E-state index in [4.69, 9.17) is 9.47 Å². The lowest BCUT2D eigenvalue weighted by Gasteiger charge is -2.09. The molecule has 0 aliphatic heterocycles. The summed E-state index contributed by atoms with van der Waals surface area (Å²) in [4.78, 5) is 26.0. The molecule has 6 nitrogen and oxygen atoms in total. The molecule has 3 aromatic rings. The topological polar surface area (TPSA) is 76.7 Å². The lowest BCUT2D eigenvalue weighted by molar-refractivity contribution is -0.119. The molecule has 0 saturated carbocycles. The van der Waals surface area contributed by atoms with E-state index in [1.807, 2.05) is 43.3 Å². The van der Waals surface area contributed by atoms with Gasteiger partial charge in [0.25, 0.3) is 5.91 Å². The van der Waals surface area contributed by atoms with Crippen molar-refractivity contribution in [1.82, 2.24) is 0 Å². The third-order valence-electron chi connectivity index (χ3n) is 3.94. The van der Waals surface area contributed by atoms with Crippen LogP contribution < -0.4 is 15.4 Å². The number of carbonyl (C=O) groups is 2. The first kappa shape index (κ1) is 20.6. The van der Waals surface area contributed by atoms with E-state index in [9.17, 15) is 9.59 Å². The minimum absolute atomic E-state index is 0.0360. The molecule has 0 spiro atoms. The zero-order valence-corrected chi connectivity index (χ0v) is 17.0. The van der Waals surface area contributed by atoms with Gasteiger partial charge in [-0.25, -0.2) is 0 Å². The fourth-order valence-electron chi connectivity index (χ4n) is 2.73. The Bertz CT molecular complexity index is 985. The van der Waals surface area contributed by atoms with E-state index in [0.717, 1.165) is 10.4 Å². The van der Waals surface area contributed by atoms with Gasteiger partial charge in [0.2, 0.25) is 5.91 Å². The first-order valence-electron chi connectivity index (χ1n) is 9.13. The van der Waals surface area contributed by atoms with Crippen LogP contribution in [0, 0.1) is 0 Å². The summed E-state index contributed by atoms with van der Waals surface area (Å²) >= 11 is 1.38. The van der Waals surface area contributed by atoms with Crippen molar-refractivity contribution in [2.45, 2.75) is 6.92 Å². The van der Waals surface area contributed by atoms with Gasteiger partial charge in [0, 0.05) is 23.4 Å². The van der Waals surface area contributed by atoms with Crippen LogP contribution in [0.3, 0.4) is 0 Å². The minimum atomic E-state index is -0.264. The van der Waals surface area contributed by atoms with Gasteiger partial charge in [0.05, 0.1) is 6.61 Å². The lowest BCUT2D eigenvalue weighted by atomic mass is 10.2. The van der Waals surface area contributed by atoms with Gasteiger partial charge >= 0.3 is 0 Å². The molecule has 1 aromatic heterocycles. The molecule has 0 aliphatic carbocycles. The van der Waals surface area contributed by atoms with Crippen LogP contribution in [0.2, 0.25) is 0 Å². The number of methoxy groups -OCH3 is 1. The van der Waals surface area contributed by atoms with E-state index < -0.39 is 0 Å². The highest BCUT2D eigenvalue weighted by molar-refractivity contribution is 7.17. The summed E-state index contributed by atoms with van der Waals surface area (Å²) in [7, 11) is 1.46. The molecule has 0 unspecified atom stereocenters. The van der Waals surface area contributed by atoms with Gasteiger partial charge in [-0.1, -0.05) is 36.4 Å². The van der Waals surface area contributed by atoms with Crippen LogP contribution in [0.25, 0.3) is 10.4 Å². The largest absolute Gasteiger partial charge is 0.492 e. The van der Waals surface area contributed by atoms with E-state index in [-0.39, 0.29) is 18.4 Å². The molecule has 0 fully saturated rings. The quantitative estimate of drug-likeness (QED) is 0.567. The molecule has 29 heavy (non-hydrogen) atoms. The molecule has 3 rings (SSSR count). The van der Waals surface area contributed by atoms with Gasteiger partial charge in [-0.05, 0) is 36.8 Å². The van der Waals surface area contributed by atoms with Crippen LogP contribution >= 0.6 is 11.3 Å². The summed E-state index contributed by atoms with van der Waals surface area (Å²) in [6.45, 7) is 2.31. The summed E-state index contributed by atoms with van der Waals surface area (Å²) in [6, 6.07) is 18.7. The summed E-state index contributed by atoms with van der Waals surface area (Å²) in [6.07, 6.45) is 0. The highest BCUT2D eigenvalue weighted by Crippen LogP contribution is 2.36. The molecule has 1 heterocycles. The molecule has 2 N–H and O–H groups in total. The van der Waals surface area contributed by atoms with Crippen molar-refractivity contribution in [1.29, 1.82) is 0 Å². The monoisotopic (exact) mass is 410 g/mol. The molecular formula is C22H22N2O4S. The fraction of sp³-hybridized carbons (Fsp3) is 0.182. The maximum absolute atomic E-state index is 12.9. The highest BCUT2D eigenvalue weighted by Gasteiger charge is 2.19. The first-order valence-corrected chi connectivity index (χ1v) is 9.94. The van der Waals surface area contributed by atoms with Crippen LogP contribution in [0.1, 0.15) is 16.6 Å². The predicted octanol–water partition coefficient (Wildman–Crippen LogP) is 4.65. The van der Waals surface area contributed by atoms with Crippen molar-refractivity contribution in [2.75, 3.05) is 31.0 Å². The SMILES string of the molecule is CCOc1cc(-c2ccccc2)sc1C(=O)Nc1cccc(NC(=O)COC)c1. The number of anilines is 2. The van der Waals surface area contributed by atoms with Gasteiger partial charge in [0.15, 0.2) is 0 Å². The Morgan fingerprint density at radius 3 is 2.38 bits per heavy atom. The van der Waals surface area contributed by atoms with Crippen molar-refractivity contribution in [2.24, 2.45) is 0 Å². The van der Waals surface area contributed by atoms with Gasteiger partial charge in [-0.15, -0.1) is 11.3 Å². The van der Waals surface area contributed by atoms with Crippen molar-refractivity contribution in [3.05, 3.63) is 65.5 Å². The van der Waals surface area contributed by atoms with E-state index in [1.54, 1.807) is 24.3 Å². The average Bonchev–Trinajstić information content (AvgIpc) is 3.13. The Kier molecular flexibility index (Phi) is 6.99. The average molecular weight is 410 g/mol. The highest BCUT2D eigenvalue weighted by atomic mass is 32.1. The number of benzene rings is 2. The Morgan fingerprint density at radius 1 is 0.966 bits per heavy atom. The number of rotatable bonds is 8. The minimum Gasteiger partial charge on any atom is -0.492 e. The molecule has 0 saturated heterocycles. The zero-order valence-electron chi connectivity index (χ0n) is 16.2. The second-order valence-electron chi connectivity index (χ2n) is 6.12. The van der Waals surface area contributed by atoms with E-state index in [0.29, 0.717) is 28.6 Å². The van der Waals surface area contributed by atoms with Gasteiger partial charge < -0.3 is 20.1 Å². The number of hydrogen-bond acceptors (Lipinski definition) is 5. The second kappa shape index (κ2) is 9.86. The van der Waals surface area contributed by atoms with Crippen LogP contribution in [0.4, 0.5) is 11.4 Å². The van der Waals surface area contributed by atoms with Crippen LogP contribution in [-0.4, -0.2) is 32.1 Å². The van der Waals surface area contributed by atoms with E-state index in [2.05, 4.69) is 10.6 Å². The predicted molar refractivity (Wildman–Crippen MR) is 116 cm³/mol. The van der Waals surface area contributed by atoms with Crippen molar-refractivity contribution in [3.8, 4) is 16.2 Å². The summed E-state index contributed by atoms with van der Waals surface area (Å²) in [5, 5.41) is 5.59. The molecular weight excluding hydrogens is 388 g/mol. The Balaban J connectivity index is 1.80. The smallest absolute Gasteiger partial charge is 0.269 e. The molecule has 7 heteroatoms. The number of ether oxygens (including phenoxy) is 2. The Morgan fingerprint density at radius 2 is 1.69 bits per heavy atom. The van der Waals surface area contributed by atoms with E-state index >= 15 is 0 Å². The third-order valence-corrected chi connectivity index (χ3v) is 5.11. The number of nitrogens with one attached hydrogen (secondary N) is 2. The lowest BCUT2D eigenvalue weighted by Crippen LogP contribution is -2.17. The Hall–Kier alpha value is -3.16. The van der Waals surface area contributed by atoms with Crippen molar-refractivity contribution < 1.29 is 19.1 Å². The molecule has 2 aromatic carbocycles. The number of carbonyl (C=O) groups excluding carboxylic acids is 2. The van der Waals surface area contributed by atoms with Crippen LogP contribution in [-0.2, 0) is 9.53 Å². The molecule has 150 valence electrons. The molecule has 0 bridgehead atoms.